The monoisotopic (exact) mass is 225 g/mol. The Morgan fingerprint density at radius 1 is 1.67 bits per heavy atom. The van der Waals surface area contributed by atoms with Crippen LogP contribution in [0.1, 0.15) is 18.1 Å². The molecule has 0 N–H and O–H groups in total. The Bertz CT molecular complexity index is 388. The average molecular weight is 226 g/mol. The highest BCUT2D eigenvalue weighted by molar-refractivity contribution is 6.30. The van der Waals surface area contributed by atoms with Gasteiger partial charge in [0, 0.05) is 17.8 Å². The minimum absolute atomic E-state index is 0.364. The van der Waals surface area contributed by atoms with Crippen molar-refractivity contribution in [1.82, 2.24) is 4.98 Å². The number of aromatic nitrogens is 1. The summed E-state index contributed by atoms with van der Waals surface area (Å²) in [6.45, 7) is 4.03. The van der Waals surface area contributed by atoms with Gasteiger partial charge in [0.1, 0.15) is 5.15 Å². The van der Waals surface area contributed by atoms with Gasteiger partial charge in [-0.3, -0.25) is 0 Å². The van der Waals surface area contributed by atoms with Gasteiger partial charge in [0.2, 0.25) is 0 Å². The van der Waals surface area contributed by atoms with Crippen LogP contribution in [0, 0.1) is 6.92 Å². The van der Waals surface area contributed by atoms with E-state index in [0.29, 0.717) is 17.3 Å². The minimum Gasteiger partial charge on any atom is -0.463 e. The molecule has 0 spiro atoms. The van der Waals surface area contributed by atoms with Crippen molar-refractivity contribution >= 4 is 23.6 Å². The Labute approximate surface area is 93.7 Å². The predicted molar refractivity (Wildman–Crippen MR) is 59.7 cm³/mol. The van der Waals surface area contributed by atoms with Crippen LogP contribution >= 0.6 is 11.6 Å². The lowest BCUT2D eigenvalue weighted by Crippen LogP contribution is -1.98. The Kier molecular flexibility index (Phi) is 4.31. The quantitative estimate of drug-likeness (QED) is 0.451. The zero-order chi connectivity index (χ0) is 11.3. The number of aryl methyl sites for hydroxylation is 1. The van der Waals surface area contributed by atoms with Crippen LogP contribution in [0.4, 0.5) is 0 Å². The molecule has 1 aromatic heterocycles. The van der Waals surface area contributed by atoms with Gasteiger partial charge in [-0.25, -0.2) is 9.78 Å². The van der Waals surface area contributed by atoms with E-state index < -0.39 is 0 Å². The molecule has 1 aromatic rings. The summed E-state index contributed by atoms with van der Waals surface area (Å²) in [5, 5.41) is 0.376. The van der Waals surface area contributed by atoms with Gasteiger partial charge in [0.15, 0.2) is 0 Å². The molecule has 0 aliphatic carbocycles. The lowest BCUT2D eigenvalue weighted by molar-refractivity contribution is -0.137. The highest BCUT2D eigenvalue weighted by atomic mass is 35.5. The molecule has 80 valence electrons. The molecule has 1 heterocycles. The molecule has 15 heavy (non-hydrogen) atoms. The van der Waals surface area contributed by atoms with Crippen molar-refractivity contribution in [1.29, 1.82) is 0 Å². The van der Waals surface area contributed by atoms with Crippen molar-refractivity contribution in [2.75, 3.05) is 6.61 Å². The van der Waals surface area contributed by atoms with Gasteiger partial charge in [-0.05, 0) is 31.6 Å². The number of rotatable bonds is 3. The van der Waals surface area contributed by atoms with Crippen LogP contribution in [0.2, 0.25) is 5.15 Å². The summed E-state index contributed by atoms with van der Waals surface area (Å²) >= 11 is 5.84. The summed E-state index contributed by atoms with van der Waals surface area (Å²) < 4.78 is 4.74. The standard InChI is InChI=1S/C11H12ClNO2/c1-3-15-10(14)5-4-9-6-8(2)7-13-11(9)12/h4-7H,3H2,1-2H3. The van der Waals surface area contributed by atoms with E-state index in [1.807, 2.05) is 13.0 Å². The molecule has 0 atom stereocenters. The third-order valence-corrected chi connectivity index (χ3v) is 2.00. The van der Waals surface area contributed by atoms with E-state index >= 15 is 0 Å². The van der Waals surface area contributed by atoms with E-state index in [9.17, 15) is 4.79 Å². The van der Waals surface area contributed by atoms with Crippen molar-refractivity contribution in [2.24, 2.45) is 0 Å². The van der Waals surface area contributed by atoms with E-state index in [4.69, 9.17) is 16.3 Å². The summed E-state index contributed by atoms with van der Waals surface area (Å²) in [6.07, 6.45) is 4.61. The maximum Gasteiger partial charge on any atom is 0.330 e. The second-order valence-corrected chi connectivity index (χ2v) is 3.34. The number of ether oxygens (including phenoxy) is 1. The fourth-order valence-corrected chi connectivity index (χ4v) is 1.21. The molecule has 0 unspecified atom stereocenters. The van der Waals surface area contributed by atoms with Crippen LogP contribution in [-0.4, -0.2) is 17.6 Å². The second-order valence-electron chi connectivity index (χ2n) is 2.98. The van der Waals surface area contributed by atoms with Crippen LogP contribution in [0.5, 0.6) is 0 Å². The number of carbonyl (C=O) groups excluding carboxylic acids is 1. The zero-order valence-corrected chi connectivity index (χ0v) is 9.41. The molecule has 0 fully saturated rings. The third kappa shape index (κ3) is 3.72. The van der Waals surface area contributed by atoms with Crippen LogP contribution in [0.3, 0.4) is 0 Å². The van der Waals surface area contributed by atoms with Crippen molar-refractivity contribution in [2.45, 2.75) is 13.8 Å². The topological polar surface area (TPSA) is 39.2 Å². The van der Waals surface area contributed by atoms with Gasteiger partial charge < -0.3 is 4.74 Å². The Hall–Kier alpha value is -1.35. The Morgan fingerprint density at radius 3 is 3.07 bits per heavy atom. The van der Waals surface area contributed by atoms with Crippen LogP contribution in [0.25, 0.3) is 6.08 Å². The van der Waals surface area contributed by atoms with Gasteiger partial charge in [0.25, 0.3) is 0 Å². The first-order chi connectivity index (χ1) is 7.13. The van der Waals surface area contributed by atoms with Crippen molar-refractivity contribution < 1.29 is 9.53 Å². The van der Waals surface area contributed by atoms with E-state index in [1.54, 1.807) is 19.2 Å². The molecular weight excluding hydrogens is 214 g/mol. The molecular formula is C11H12ClNO2. The molecule has 3 nitrogen and oxygen atoms in total. The normalized spacial score (nSPS) is 10.6. The van der Waals surface area contributed by atoms with Gasteiger partial charge in [-0.15, -0.1) is 0 Å². The predicted octanol–water partition coefficient (Wildman–Crippen LogP) is 2.62. The summed E-state index contributed by atoms with van der Waals surface area (Å²) in [5.41, 5.74) is 1.70. The van der Waals surface area contributed by atoms with Crippen molar-refractivity contribution in [3.05, 3.63) is 34.6 Å². The number of carbonyl (C=O) groups is 1. The Balaban J connectivity index is 2.79. The molecule has 0 saturated carbocycles. The molecule has 0 aliphatic heterocycles. The number of hydrogen-bond donors (Lipinski definition) is 0. The van der Waals surface area contributed by atoms with E-state index in [-0.39, 0.29) is 5.97 Å². The molecule has 0 saturated heterocycles. The van der Waals surface area contributed by atoms with Crippen LogP contribution in [-0.2, 0) is 9.53 Å². The number of nitrogens with zero attached hydrogens (tertiary/aromatic N) is 1. The van der Waals surface area contributed by atoms with Crippen LogP contribution in [0.15, 0.2) is 18.3 Å². The Morgan fingerprint density at radius 2 is 2.40 bits per heavy atom. The molecule has 0 amide bonds. The highest BCUT2D eigenvalue weighted by Crippen LogP contribution is 2.15. The maximum atomic E-state index is 11.0. The minimum atomic E-state index is -0.380. The second kappa shape index (κ2) is 5.51. The number of hydrogen-bond acceptors (Lipinski definition) is 3. The lowest BCUT2D eigenvalue weighted by atomic mass is 10.2. The molecule has 0 radical (unpaired) electrons. The van der Waals surface area contributed by atoms with Crippen LogP contribution < -0.4 is 0 Å². The maximum absolute atomic E-state index is 11.0. The SMILES string of the molecule is CCOC(=O)C=Cc1cc(C)cnc1Cl. The van der Waals surface area contributed by atoms with Gasteiger partial charge in [-0.1, -0.05) is 11.6 Å². The van der Waals surface area contributed by atoms with E-state index in [0.717, 1.165) is 5.56 Å². The molecule has 1 rings (SSSR count). The molecule has 0 bridgehead atoms. The largest absolute Gasteiger partial charge is 0.463 e. The summed E-state index contributed by atoms with van der Waals surface area (Å²) in [6, 6.07) is 1.85. The number of esters is 1. The zero-order valence-electron chi connectivity index (χ0n) is 8.66. The van der Waals surface area contributed by atoms with Crippen molar-refractivity contribution in [3.63, 3.8) is 0 Å². The highest BCUT2D eigenvalue weighted by Gasteiger charge is 1.99. The molecule has 0 aromatic carbocycles. The summed E-state index contributed by atoms with van der Waals surface area (Å²) in [4.78, 5) is 15.0. The summed E-state index contributed by atoms with van der Waals surface area (Å²) in [5.74, 6) is -0.380. The molecule has 4 heteroatoms. The average Bonchev–Trinajstić information content (AvgIpc) is 2.20. The number of pyridine rings is 1. The fraction of sp³-hybridized carbons (Fsp3) is 0.273. The summed E-state index contributed by atoms with van der Waals surface area (Å²) in [7, 11) is 0. The van der Waals surface area contributed by atoms with Gasteiger partial charge in [0.05, 0.1) is 6.61 Å². The first-order valence-corrected chi connectivity index (χ1v) is 4.98. The van der Waals surface area contributed by atoms with E-state index in [2.05, 4.69) is 4.98 Å². The molecule has 0 aliphatic rings. The lowest BCUT2D eigenvalue weighted by Gasteiger charge is -1.99. The van der Waals surface area contributed by atoms with Gasteiger partial charge >= 0.3 is 5.97 Å². The fourth-order valence-electron chi connectivity index (χ4n) is 1.04. The first-order valence-electron chi connectivity index (χ1n) is 4.60. The van der Waals surface area contributed by atoms with Gasteiger partial charge in [-0.2, -0.15) is 0 Å². The first kappa shape index (κ1) is 11.7. The smallest absolute Gasteiger partial charge is 0.330 e. The van der Waals surface area contributed by atoms with E-state index in [1.165, 1.54) is 6.08 Å². The number of halogens is 1. The third-order valence-electron chi connectivity index (χ3n) is 1.69. The van der Waals surface area contributed by atoms with Crippen molar-refractivity contribution in [3.8, 4) is 0 Å².